The predicted molar refractivity (Wildman–Crippen MR) is 103 cm³/mol. The van der Waals surface area contributed by atoms with E-state index in [2.05, 4.69) is 14.9 Å². The SMILES string of the molecule is CN(CCCN)CCN1CN([C@@H]2O[C@H](CO)[C@@H](O)[C@H]2O)c2nc(N)[nH]c(=O)c21. The van der Waals surface area contributed by atoms with E-state index in [0.717, 1.165) is 13.0 Å². The van der Waals surface area contributed by atoms with Crippen molar-refractivity contribution >= 4 is 17.5 Å². The van der Waals surface area contributed by atoms with E-state index in [1.165, 1.54) is 0 Å². The lowest BCUT2D eigenvalue weighted by Crippen LogP contribution is -2.47. The molecule has 0 unspecified atom stereocenters. The number of aliphatic hydroxyl groups is 3. The highest BCUT2D eigenvalue weighted by atomic mass is 16.6. The maximum atomic E-state index is 12.5. The van der Waals surface area contributed by atoms with Gasteiger partial charge >= 0.3 is 0 Å². The van der Waals surface area contributed by atoms with Crippen LogP contribution in [0.5, 0.6) is 0 Å². The van der Waals surface area contributed by atoms with Crippen molar-refractivity contribution in [2.75, 3.05) is 62.0 Å². The fourth-order valence-electron chi connectivity index (χ4n) is 3.56. The van der Waals surface area contributed by atoms with Crippen LogP contribution in [0, 0.1) is 0 Å². The lowest BCUT2D eigenvalue weighted by molar-refractivity contribution is -0.0222. The van der Waals surface area contributed by atoms with Crippen LogP contribution in [0.15, 0.2) is 4.79 Å². The number of rotatable bonds is 8. The molecule has 4 atom stereocenters. The molecule has 0 spiro atoms. The third-order valence-corrected chi connectivity index (χ3v) is 5.13. The van der Waals surface area contributed by atoms with Gasteiger partial charge < -0.3 is 46.2 Å². The summed E-state index contributed by atoms with van der Waals surface area (Å²) >= 11 is 0. The van der Waals surface area contributed by atoms with Gasteiger partial charge in [-0.25, -0.2) is 0 Å². The minimum atomic E-state index is -1.26. The Morgan fingerprint density at radius 2 is 2.11 bits per heavy atom. The number of aliphatic hydroxyl groups excluding tert-OH is 3. The molecule has 12 heteroatoms. The first-order valence-corrected chi connectivity index (χ1v) is 9.29. The highest BCUT2D eigenvalue weighted by Gasteiger charge is 2.48. The normalized spacial score (nSPS) is 27.1. The minimum Gasteiger partial charge on any atom is -0.394 e. The highest BCUT2D eigenvalue weighted by molar-refractivity contribution is 5.73. The van der Waals surface area contributed by atoms with Gasteiger partial charge in [-0.3, -0.25) is 9.78 Å². The number of hydrogen-bond acceptors (Lipinski definition) is 11. The van der Waals surface area contributed by atoms with Crippen molar-refractivity contribution in [2.24, 2.45) is 5.73 Å². The molecule has 0 amide bonds. The minimum absolute atomic E-state index is 0.0533. The van der Waals surface area contributed by atoms with Crippen LogP contribution < -0.4 is 26.8 Å². The molecule has 1 fully saturated rings. The van der Waals surface area contributed by atoms with Crippen molar-refractivity contribution in [1.29, 1.82) is 0 Å². The van der Waals surface area contributed by atoms with Gasteiger partial charge in [0.1, 0.15) is 24.0 Å². The summed E-state index contributed by atoms with van der Waals surface area (Å²) in [5, 5.41) is 29.8. The second kappa shape index (κ2) is 8.59. The molecule has 3 heterocycles. The quantitative estimate of drug-likeness (QED) is 0.257. The lowest BCUT2D eigenvalue weighted by atomic mass is 10.1. The van der Waals surface area contributed by atoms with Crippen LogP contribution in [0.3, 0.4) is 0 Å². The summed E-state index contributed by atoms with van der Waals surface area (Å²) in [5.74, 6) is 0.225. The number of nitrogens with one attached hydrogen (secondary N) is 1. The number of aromatic nitrogens is 2. The van der Waals surface area contributed by atoms with E-state index in [1.807, 2.05) is 11.9 Å². The second-order valence-electron chi connectivity index (χ2n) is 7.17. The van der Waals surface area contributed by atoms with Gasteiger partial charge in [-0.1, -0.05) is 0 Å². The fourth-order valence-corrected chi connectivity index (χ4v) is 3.56. The number of anilines is 3. The monoisotopic (exact) mass is 399 g/mol. The maximum absolute atomic E-state index is 12.5. The molecule has 1 saturated heterocycles. The molecule has 1 aromatic rings. The maximum Gasteiger partial charge on any atom is 0.278 e. The zero-order valence-corrected chi connectivity index (χ0v) is 15.9. The second-order valence-corrected chi connectivity index (χ2v) is 7.17. The molecule has 1 aromatic heterocycles. The molecule has 3 rings (SSSR count). The van der Waals surface area contributed by atoms with Crippen molar-refractivity contribution < 1.29 is 20.1 Å². The van der Waals surface area contributed by atoms with E-state index >= 15 is 0 Å². The van der Waals surface area contributed by atoms with Crippen molar-refractivity contribution in [3.8, 4) is 0 Å². The van der Waals surface area contributed by atoms with E-state index in [-0.39, 0.29) is 24.0 Å². The van der Waals surface area contributed by atoms with Crippen LogP contribution >= 0.6 is 0 Å². The van der Waals surface area contributed by atoms with Gasteiger partial charge in [-0.2, -0.15) is 4.98 Å². The van der Waals surface area contributed by atoms with Crippen LogP contribution in [0.1, 0.15) is 6.42 Å². The van der Waals surface area contributed by atoms with Crippen LogP contribution in [0.4, 0.5) is 17.5 Å². The zero-order chi connectivity index (χ0) is 20.4. The number of aromatic amines is 1. The van der Waals surface area contributed by atoms with Gasteiger partial charge in [-0.05, 0) is 26.6 Å². The Morgan fingerprint density at radius 1 is 1.36 bits per heavy atom. The number of nitrogen functional groups attached to an aromatic ring is 1. The third kappa shape index (κ3) is 3.92. The summed E-state index contributed by atoms with van der Waals surface area (Å²) in [4.78, 5) is 24.8. The average Bonchev–Trinajstić information content (AvgIpc) is 3.16. The van der Waals surface area contributed by atoms with Gasteiger partial charge in [0, 0.05) is 13.1 Å². The molecule has 2 aliphatic heterocycles. The third-order valence-electron chi connectivity index (χ3n) is 5.13. The Kier molecular flexibility index (Phi) is 6.37. The summed E-state index contributed by atoms with van der Waals surface area (Å²) in [6, 6.07) is 0. The van der Waals surface area contributed by atoms with Gasteiger partial charge in [0.05, 0.1) is 13.3 Å². The molecular formula is C16H29N7O5. The molecule has 28 heavy (non-hydrogen) atoms. The van der Waals surface area contributed by atoms with Crippen LogP contribution in [0.25, 0.3) is 0 Å². The molecule has 0 bridgehead atoms. The summed E-state index contributed by atoms with van der Waals surface area (Å²) in [5.41, 5.74) is 11.2. The van der Waals surface area contributed by atoms with Crippen molar-refractivity contribution in [3.05, 3.63) is 10.4 Å². The molecule has 0 radical (unpaired) electrons. The van der Waals surface area contributed by atoms with Crippen LogP contribution in [-0.2, 0) is 4.74 Å². The molecule has 0 aliphatic carbocycles. The van der Waals surface area contributed by atoms with Gasteiger partial charge in [0.25, 0.3) is 5.56 Å². The van der Waals surface area contributed by atoms with Crippen LogP contribution in [-0.4, -0.2) is 101 Å². The average molecular weight is 399 g/mol. The Labute approximate surface area is 162 Å². The van der Waals surface area contributed by atoms with Crippen molar-refractivity contribution in [1.82, 2.24) is 14.9 Å². The number of likely N-dealkylation sites (N-methyl/N-ethyl adjacent to an activating group) is 1. The molecule has 158 valence electrons. The first kappa shape index (κ1) is 20.8. The van der Waals surface area contributed by atoms with Gasteiger partial charge in [-0.15, -0.1) is 0 Å². The van der Waals surface area contributed by atoms with E-state index in [0.29, 0.717) is 25.3 Å². The molecule has 8 N–H and O–H groups in total. The molecule has 12 nitrogen and oxygen atoms in total. The Bertz CT molecular complexity index is 732. The Balaban J connectivity index is 1.82. The molecule has 0 saturated carbocycles. The Morgan fingerprint density at radius 3 is 2.75 bits per heavy atom. The van der Waals surface area contributed by atoms with E-state index in [4.69, 9.17) is 16.2 Å². The van der Waals surface area contributed by atoms with E-state index < -0.39 is 31.1 Å². The van der Waals surface area contributed by atoms with E-state index in [1.54, 1.807) is 4.90 Å². The first-order valence-electron chi connectivity index (χ1n) is 9.29. The van der Waals surface area contributed by atoms with E-state index in [9.17, 15) is 20.1 Å². The molecule has 2 aliphatic rings. The topological polar surface area (TPSA) is 177 Å². The fraction of sp³-hybridized carbons (Fsp3) is 0.750. The number of fused-ring (bicyclic) bond motifs is 1. The lowest BCUT2D eigenvalue weighted by Gasteiger charge is -2.28. The number of H-pyrrole nitrogens is 1. The number of hydrogen-bond donors (Lipinski definition) is 6. The smallest absolute Gasteiger partial charge is 0.278 e. The number of ether oxygens (including phenoxy) is 1. The highest BCUT2D eigenvalue weighted by Crippen LogP contribution is 2.36. The molecule has 0 aromatic carbocycles. The standard InChI is InChI=1S/C16H29N7O5/c1-21(4-2-3-17)5-6-22-8-23(13-10(22)14(27)20-16(18)19-13)15-12(26)11(25)9(7-24)28-15/h9,11-12,15,24-26H,2-8,17H2,1H3,(H3,18,19,20,27)/t9-,11-,12-,15-/m1/s1. The summed E-state index contributed by atoms with van der Waals surface area (Å²) in [6.45, 7) is 2.47. The summed E-state index contributed by atoms with van der Waals surface area (Å²) in [7, 11) is 1.97. The van der Waals surface area contributed by atoms with Crippen molar-refractivity contribution in [3.63, 3.8) is 0 Å². The zero-order valence-electron chi connectivity index (χ0n) is 15.9. The Hall–Kier alpha value is -1.96. The van der Waals surface area contributed by atoms with Gasteiger partial charge in [0.2, 0.25) is 5.95 Å². The first-order chi connectivity index (χ1) is 13.4. The summed E-state index contributed by atoms with van der Waals surface area (Å²) in [6.07, 6.45) is -3.51. The molecular weight excluding hydrogens is 370 g/mol. The number of nitrogens with two attached hydrogens (primary N) is 2. The predicted octanol–water partition coefficient (Wildman–Crippen LogP) is -3.34. The van der Waals surface area contributed by atoms with Gasteiger partial charge in [0.15, 0.2) is 12.0 Å². The largest absolute Gasteiger partial charge is 0.394 e. The summed E-state index contributed by atoms with van der Waals surface area (Å²) < 4.78 is 5.61. The van der Waals surface area contributed by atoms with Crippen LogP contribution in [0.2, 0.25) is 0 Å². The number of nitrogens with zero attached hydrogens (tertiary/aromatic N) is 4. The van der Waals surface area contributed by atoms with Crippen molar-refractivity contribution in [2.45, 2.75) is 31.0 Å².